The van der Waals surface area contributed by atoms with Crippen molar-refractivity contribution >= 4 is 17.7 Å². The molecule has 1 heterocycles. The van der Waals surface area contributed by atoms with E-state index in [1.807, 2.05) is 41.3 Å². The number of aryl methyl sites for hydroxylation is 1. The average molecular weight is 357 g/mol. The fourth-order valence-electron chi connectivity index (χ4n) is 3.01. The maximum Gasteiger partial charge on any atom is 0.224 e. The fraction of sp³-hybridized carbons (Fsp3) is 0.350. The molecule has 1 unspecified atom stereocenters. The monoisotopic (exact) mass is 357 g/mol. The van der Waals surface area contributed by atoms with E-state index in [9.17, 15) is 4.79 Å². The second-order valence-corrected chi connectivity index (χ2v) is 7.13. The van der Waals surface area contributed by atoms with E-state index in [-0.39, 0.29) is 11.3 Å². The van der Waals surface area contributed by atoms with Crippen LogP contribution in [0.2, 0.25) is 0 Å². The maximum absolute atomic E-state index is 12.8. The van der Waals surface area contributed by atoms with Crippen LogP contribution in [-0.2, 0) is 11.2 Å². The van der Waals surface area contributed by atoms with E-state index >= 15 is 0 Å². The summed E-state index contributed by atoms with van der Waals surface area (Å²) in [7, 11) is 3.28. The van der Waals surface area contributed by atoms with Crippen molar-refractivity contribution in [1.82, 2.24) is 4.90 Å². The van der Waals surface area contributed by atoms with Crippen molar-refractivity contribution < 1.29 is 14.3 Å². The van der Waals surface area contributed by atoms with Gasteiger partial charge in [-0.05, 0) is 29.7 Å². The van der Waals surface area contributed by atoms with Crippen LogP contribution in [0.5, 0.6) is 11.5 Å². The Morgan fingerprint density at radius 2 is 1.80 bits per heavy atom. The van der Waals surface area contributed by atoms with Gasteiger partial charge in [-0.2, -0.15) is 0 Å². The zero-order valence-corrected chi connectivity index (χ0v) is 15.4. The van der Waals surface area contributed by atoms with E-state index in [0.717, 1.165) is 35.8 Å². The zero-order valence-electron chi connectivity index (χ0n) is 14.6. The first-order chi connectivity index (χ1) is 12.2. The first-order valence-corrected chi connectivity index (χ1v) is 9.44. The lowest BCUT2D eigenvalue weighted by Gasteiger charge is -2.25. The molecule has 0 radical (unpaired) electrons. The van der Waals surface area contributed by atoms with Crippen molar-refractivity contribution in [3.63, 3.8) is 0 Å². The maximum atomic E-state index is 12.8. The van der Waals surface area contributed by atoms with Gasteiger partial charge in [0.15, 0.2) is 0 Å². The Morgan fingerprint density at radius 3 is 2.44 bits per heavy atom. The molecule has 1 saturated heterocycles. The molecule has 1 aliphatic heterocycles. The largest absolute Gasteiger partial charge is 0.497 e. The van der Waals surface area contributed by atoms with E-state index < -0.39 is 0 Å². The summed E-state index contributed by atoms with van der Waals surface area (Å²) in [6.45, 7) is 0.780. The van der Waals surface area contributed by atoms with Gasteiger partial charge in [-0.25, -0.2) is 0 Å². The number of methoxy groups -OCH3 is 2. The zero-order chi connectivity index (χ0) is 17.6. The second kappa shape index (κ2) is 8.30. The molecule has 5 heteroatoms. The van der Waals surface area contributed by atoms with Crippen molar-refractivity contribution in [2.45, 2.75) is 18.2 Å². The highest BCUT2D eigenvalue weighted by molar-refractivity contribution is 7.99. The Kier molecular flexibility index (Phi) is 5.87. The number of carbonyl (C=O) groups is 1. The SMILES string of the molecule is COc1cc(OC)cc(C2SCCN2C(=O)CCc2ccccc2)c1. The number of thioether (sulfide) groups is 1. The first-order valence-electron chi connectivity index (χ1n) is 8.39. The molecule has 25 heavy (non-hydrogen) atoms. The van der Waals surface area contributed by atoms with Crippen LogP contribution in [0.4, 0.5) is 0 Å². The molecule has 2 aromatic carbocycles. The summed E-state index contributed by atoms with van der Waals surface area (Å²) >= 11 is 1.79. The standard InChI is InChI=1S/C20H23NO3S/c1-23-17-12-16(13-18(14-17)24-2)20-21(10-11-25-20)19(22)9-8-15-6-4-3-5-7-15/h3-7,12-14,20H,8-11H2,1-2H3. The minimum atomic E-state index is 0.0206. The highest BCUT2D eigenvalue weighted by Crippen LogP contribution is 2.40. The van der Waals surface area contributed by atoms with Gasteiger partial charge in [0, 0.05) is 24.8 Å². The number of carbonyl (C=O) groups excluding carboxylic acids is 1. The molecule has 2 aromatic rings. The molecule has 0 saturated carbocycles. The number of hydrogen-bond acceptors (Lipinski definition) is 4. The number of amides is 1. The van der Waals surface area contributed by atoms with Gasteiger partial charge in [0.1, 0.15) is 16.9 Å². The van der Waals surface area contributed by atoms with E-state index in [4.69, 9.17) is 9.47 Å². The van der Waals surface area contributed by atoms with E-state index in [1.165, 1.54) is 5.56 Å². The molecule has 0 spiro atoms. The fourth-order valence-corrected chi connectivity index (χ4v) is 4.27. The number of rotatable bonds is 6. The van der Waals surface area contributed by atoms with E-state index in [1.54, 1.807) is 26.0 Å². The lowest BCUT2D eigenvalue weighted by Crippen LogP contribution is -2.30. The Hall–Kier alpha value is -2.14. The molecule has 132 valence electrons. The highest BCUT2D eigenvalue weighted by atomic mass is 32.2. The Bertz CT molecular complexity index is 698. The van der Waals surface area contributed by atoms with Gasteiger partial charge >= 0.3 is 0 Å². The predicted molar refractivity (Wildman–Crippen MR) is 101 cm³/mol. The summed E-state index contributed by atoms with van der Waals surface area (Å²) in [5.41, 5.74) is 2.24. The number of ether oxygens (including phenoxy) is 2. The summed E-state index contributed by atoms with van der Waals surface area (Å²) in [6.07, 6.45) is 1.30. The number of benzene rings is 2. The van der Waals surface area contributed by atoms with Gasteiger partial charge < -0.3 is 14.4 Å². The van der Waals surface area contributed by atoms with Crippen LogP contribution in [0.3, 0.4) is 0 Å². The normalized spacial score (nSPS) is 16.7. The van der Waals surface area contributed by atoms with Gasteiger partial charge in [0.2, 0.25) is 5.91 Å². The van der Waals surface area contributed by atoms with Crippen LogP contribution in [0.25, 0.3) is 0 Å². The van der Waals surface area contributed by atoms with Crippen molar-refractivity contribution in [2.75, 3.05) is 26.5 Å². The summed E-state index contributed by atoms with van der Waals surface area (Å²) in [4.78, 5) is 14.7. The summed E-state index contributed by atoms with van der Waals surface area (Å²) < 4.78 is 10.7. The Balaban J connectivity index is 1.72. The molecule has 0 aromatic heterocycles. The predicted octanol–water partition coefficient (Wildman–Crippen LogP) is 3.91. The molecule has 0 N–H and O–H groups in total. The lowest BCUT2D eigenvalue weighted by atomic mass is 10.1. The van der Waals surface area contributed by atoms with E-state index in [0.29, 0.717) is 6.42 Å². The average Bonchev–Trinajstić information content (AvgIpc) is 3.16. The van der Waals surface area contributed by atoms with Crippen LogP contribution in [0.1, 0.15) is 22.9 Å². The lowest BCUT2D eigenvalue weighted by molar-refractivity contribution is -0.131. The molecule has 1 atom stereocenters. The van der Waals surface area contributed by atoms with Crippen molar-refractivity contribution in [3.05, 3.63) is 59.7 Å². The minimum Gasteiger partial charge on any atom is -0.497 e. The molecule has 1 aliphatic rings. The van der Waals surface area contributed by atoms with Crippen molar-refractivity contribution in [3.8, 4) is 11.5 Å². The van der Waals surface area contributed by atoms with Crippen molar-refractivity contribution in [1.29, 1.82) is 0 Å². The molecule has 4 nitrogen and oxygen atoms in total. The van der Waals surface area contributed by atoms with Gasteiger partial charge in [-0.3, -0.25) is 4.79 Å². The van der Waals surface area contributed by atoms with Gasteiger partial charge in [0.05, 0.1) is 14.2 Å². The molecule has 3 rings (SSSR count). The third kappa shape index (κ3) is 4.28. The van der Waals surface area contributed by atoms with Crippen LogP contribution in [-0.4, -0.2) is 37.3 Å². The summed E-state index contributed by atoms with van der Waals surface area (Å²) in [5.74, 6) is 2.64. The molecule has 1 amide bonds. The molecule has 0 aliphatic carbocycles. The topological polar surface area (TPSA) is 38.8 Å². The molecular weight excluding hydrogens is 334 g/mol. The van der Waals surface area contributed by atoms with Crippen LogP contribution in [0.15, 0.2) is 48.5 Å². The first kappa shape index (κ1) is 17.7. The van der Waals surface area contributed by atoms with Gasteiger partial charge in [-0.15, -0.1) is 11.8 Å². The molecular formula is C20H23NO3S. The highest BCUT2D eigenvalue weighted by Gasteiger charge is 2.31. The third-order valence-corrected chi connectivity index (χ3v) is 5.60. The second-order valence-electron chi connectivity index (χ2n) is 5.94. The smallest absolute Gasteiger partial charge is 0.224 e. The molecule has 1 fully saturated rings. The minimum absolute atomic E-state index is 0.0206. The van der Waals surface area contributed by atoms with E-state index in [2.05, 4.69) is 12.1 Å². The summed E-state index contributed by atoms with van der Waals surface area (Å²) in [6, 6.07) is 16.0. The Labute approximate surface area is 153 Å². The number of hydrogen-bond donors (Lipinski definition) is 0. The Morgan fingerprint density at radius 1 is 1.12 bits per heavy atom. The van der Waals surface area contributed by atoms with Crippen LogP contribution in [0, 0.1) is 0 Å². The van der Waals surface area contributed by atoms with Crippen molar-refractivity contribution in [2.24, 2.45) is 0 Å². The summed E-state index contributed by atoms with van der Waals surface area (Å²) in [5, 5.41) is 0.0206. The number of nitrogens with zero attached hydrogens (tertiary/aromatic N) is 1. The quantitative estimate of drug-likeness (QED) is 0.786. The van der Waals surface area contributed by atoms with Crippen LogP contribution < -0.4 is 9.47 Å². The van der Waals surface area contributed by atoms with Gasteiger partial charge in [-0.1, -0.05) is 30.3 Å². The third-order valence-electron chi connectivity index (χ3n) is 4.34. The van der Waals surface area contributed by atoms with Gasteiger partial charge in [0.25, 0.3) is 0 Å². The van der Waals surface area contributed by atoms with Crippen LogP contribution >= 0.6 is 11.8 Å². The molecule has 0 bridgehead atoms.